The van der Waals surface area contributed by atoms with Crippen molar-refractivity contribution >= 4 is 41.8 Å². The SMILES string of the molecule is C=CC(=O)OCC(CC)(COC(=O)C=C)COC(=O)CCC(C#N)(CCC(=O)OCC(CC)(COC(=O)C=C)COC(=O)C=C)C(=O)OCC(C)C. The fourth-order valence-electron chi connectivity index (χ4n) is 4.10. The molecule has 0 saturated heterocycles. The fraction of sp³-hybridized carbons (Fsp3) is 0.568. The third-order valence-electron chi connectivity index (χ3n) is 7.99. The number of nitriles is 1. The molecule has 0 aromatic carbocycles. The van der Waals surface area contributed by atoms with E-state index < -0.39 is 83.7 Å². The molecule has 52 heavy (non-hydrogen) atoms. The minimum Gasteiger partial charge on any atom is -0.465 e. The molecule has 0 fully saturated rings. The van der Waals surface area contributed by atoms with E-state index in [-0.39, 0.29) is 65.0 Å². The molecule has 0 aliphatic heterocycles. The Kier molecular flexibility index (Phi) is 21.6. The Hall–Kier alpha value is -5.26. The molecule has 0 radical (unpaired) electrons. The first-order chi connectivity index (χ1) is 24.5. The number of carbonyl (C=O) groups is 7. The summed E-state index contributed by atoms with van der Waals surface area (Å²) in [6.07, 6.45) is 2.56. The van der Waals surface area contributed by atoms with E-state index in [9.17, 15) is 38.8 Å². The van der Waals surface area contributed by atoms with E-state index in [0.29, 0.717) is 0 Å². The first kappa shape index (κ1) is 46.7. The van der Waals surface area contributed by atoms with Crippen LogP contribution in [0.3, 0.4) is 0 Å². The van der Waals surface area contributed by atoms with E-state index in [2.05, 4.69) is 26.3 Å². The van der Waals surface area contributed by atoms with Crippen LogP contribution in [0.1, 0.15) is 66.2 Å². The topological polar surface area (TPSA) is 208 Å². The van der Waals surface area contributed by atoms with Gasteiger partial charge in [-0.05, 0) is 31.6 Å². The van der Waals surface area contributed by atoms with Crippen LogP contribution in [0, 0.1) is 33.5 Å². The van der Waals surface area contributed by atoms with E-state index in [0.717, 1.165) is 24.3 Å². The smallest absolute Gasteiger partial charge is 0.330 e. The normalized spacial score (nSPS) is 11.2. The van der Waals surface area contributed by atoms with Crippen molar-refractivity contribution in [1.82, 2.24) is 0 Å². The Morgan fingerprint density at radius 1 is 0.577 bits per heavy atom. The monoisotopic (exact) mass is 733 g/mol. The summed E-state index contributed by atoms with van der Waals surface area (Å²) < 4.78 is 36.9. The molecule has 0 unspecified atom stereocenters. The number of rotatable bonds is 27. The van der Waals surface area contributed by atoms with Gasteiger partial charge in [-0.25, -0.2) is 19.2 Å². The molecule has 0 aliphatic rings. The minimum absolute atomic E-state index is 0.0328. The van der Waals surface area contributed by atoms with Gasteiger partial charge in [-0.1, -0.05) is 54.0 Å². The quantitative estimate of drug-likeness (QED) is 0.0663. The van der Waals surface area contributed by atoms with Crippen LogP contribution in [0.25, 0.3) is 0 Å². The Morgan fingerprint density at radius 2 is 0.885 bits per heavy atom. The third-order valence-corrected chi connectivity index (χ3v) is 7.99. The van der Waals surface area contributed by atoms with E-state index in [1.165, 1.54) is 0 Å². The van der Waals surface area contributed by atoms with Gasteiger partial charge in [0.05, 0.1) is 23.5 Å². The van der Waals surface area contributed by atoms with Gasteiger partial charge in [-0.2, -0.15) is 5.26 Å². The third kappa shape index (κ3) is 17.1. The second-order valence-electron chi connectivity index (χ2n) is 12.5. The van der Waals surface area contributed by atoms with E-state index >= 15 is 0 Å². The standard InChI is InChI=1S/C37H51NO14/c1-9-28(39)47-21-35(13-5,22-48-29(40)10-2)25-51-32(43)15-17-37(20-38,34(45)46-19-27(7)8)18-16-33(44)52-26-36(14-6,23-49-30(41)11-3)24-50-31(42)12-4/h9-12,27H,1-4,13-19,21-26H2,5-8H3. The maximum atomic E-state index is 13.3. The molecule has 0 aliphatic carbocycles. The zero-order chi connectivity index (χ0) is 39.8. The van der Waals surface area contributed by atoms with Crippen molar-refractivity contribution in [2.24, 2.45) is 22.2 Å². The van der Waals surface area contributed by atoms with Gasteiger partial charge in [0.2, 0.25) is 0 Å². The molecule has 0 N–H and O–H groups in total. The molecule has 0 spiro atoms. The van der Waals surface area contributed by atoms with Crippen LogP contribution in [-0.4, -0.2) is 88.0 Å². The Morgan fingerprint density at radius 3 is 1.13 bits per heavy atom. The van der Waals surface area contributed by atoms with Crippen LogP contribution >= 0.6 is 0 Å². The number of ether oxygens (including phenoxy) is 7. The lowest BCUT2D eigenvalue weighted by molar-refractivity contribution is -0.160. The highest BCUT2D eigenvalue weighted by molar-refractivity contribution is 5.83. The zero-order valence-electron chi connectivity index (χ0n) is 30.6. The molecule has 0 saturated carbocycles. The van der Waals surface area contributed by atoms with Crippen LogP contribution < -0.4 is 0 Å². The molecule has 0 heterocycles. The van der Waals surface area contributed by atoms with Crippen molar-refractivity contribution in [3.8, 4) is 6.07 Å². The number of hydrogen-bond acceptors (Lipinski definition) is 15. The summed E-state index contributed by atoms with van der Waals surface area (Å²) in [5, 5.41) is 10.2. The summed E-state index contributed by atoms with van der Waals surface area (Å²) in [4.78, 5) is 86.2. The highest BCUT2D eigenvalue weighted by Gasteiger charge is 2.42. The molecule has 0 bridgehead atoms. The lowest BCUT2D eigenvalue weighted by Crippen LogP contribution is -2.39. The van der Waals surface area contributed by atoms with E-state index in [1.54, 1.807) is 27.7 Å². The Balaban J connectivity index is 5.93. The Bertz CT molecular complexity index is 1210. The van der Waals surface area contributed by atoms with Crippen molar-refractivity contribution in [1.29, 1.82) is 5.26 Å². The lowest BCUT2D eigenvalue weighted by Gasteiger charge is -2.31. The average molecular weight is 734 g/mol. The highest BCUT2D eigenvalue weighted by Crippen LogP contribution is 2.33. The van der Waals surface area contributed by atoms with Gasteiger partial charge in [0.1, 0.15) is 39.6 Å². The van der Waals surface area contributed by atoms with Crippen molar-refractivity contribution in [3.63, 3.8) is 0 Å². The zero-order valence-corrected chi connectivity index (χ0v) is 30.6. The number of nitrogens with zero attached hydrogens (tertiary/aromatic N) is 1. The summed E-state index contributed by atoms with van der Waals surface area (Å²) in [6, 6.07) is 1.92. The van der Waals surface area contributed by atoms with Crippen LogP contribution in [0.2, 0.25) is 0 Å². The molecule has 0 aromatic rings. The van der Waals surface area contributed by atoms with Gasteiger partial charge < -0.3 is 33.2 Å². The molecular weight excluding hydrogens is 682 g/mol. The van der Waals surface area contributed by atoms with Crippen LogP contribution in [0.5, 0.6) is 0 Å². The van der Waals surface area contributed by atoms with Crippen LogP contribution in [-0.2, 0) is 66.7 Å². The largest absolute Gasteiger partial charge is 0.465 e. The van der Waals surface area contributed by atoms with Gasteiger partial charge in [-0.3, -0.25) is 14.4 Å². The van der Waals surface area contributed by atoms with Gasteiger partial charge in [0, 0.05) is 37.1 Å². The van der Waals surface area contributed by atoms with Gasteiger partial charge >= 0.3 is 41.8 Å². The summed E-state index contributed by atoms with van der Waals surface area (Å²) >= 11 is 0. The predicted octanol–water partition coefficient (Wildman–Crippen LogP) is 4.05. The summed E-state index contributed by atoms with van der Waals surface area (Å²) in [7, 11) is 0. The van der Waals surface area contributed by atoms with E-state index in [1.807, 2.05) is 6.07 Å². The molecule has 0 aromatic heterocycles. The molecule has 288 valence electrons. The maximum absolute atomic E-state index is 13.3. The number of carbonyl (C=O) groups excluding carboxylic acids is 7. The first-order valence-electron chi connectivity index (χ1n) is 16.6. The average Bonchev–Trinajstić information content (AvgIpc) is 3.16. The minimum atomic E-state index is -1.96. The maximum Gasteiger partial charge on any atom is 0.330 e. The predicted molar refractivity (Wildman–Crippen MR) is 184 cm³/mol. The second kappa shape index (κ2) is 24.0. The molecular formula is C37H51NO14. The number of esters is 7. The summed E-state index contributed by atoms with van der Waals surface area (Å²) in [6.45, 7) is 18.4. The molecule has 0 atom stereocenters. The van der Waals surface area contributed by atoms with Gasteiger partial charge in [-0.15, -0.1) is 0 Å². The van der Waals surface area contributed by atoms with Crippen molar-refractivity contribution in [3.05, 3.63) is 50.6 Å². The lowest BCUT2D eigenvalue weighted by atomic mass is 9.80. The molecule has 15 heteroatoms. The Labute approximate surface area is 304 Å². The number of hydrogen-bond donors (Lipinski definition) is 0. The van der Waals surface area contributed by atoms with Crippen molar-refractivity contribution < 1.29 is 66.7 Å². The van der Waals surface area contributed by atoms with E-state index in [4.69, 9.17) is 33.2 Å². The van der Waals surface area contributed by atoms with Crippen LogP contribution in [0.4, 0.5) is 0 Å². The molecule has 0 amide bonds. The molecule has 0 rings (SSSR count). The second-order valence-corrected chi connectivity index (χ2v) is 12.5. The highest BCUT2D eigenvalue weighted by atomic mass is 16.6. The van der Waals surface area contributed by atoms with Gasteiger partial charge in [0.15, 0.2) is 5.41 Å². The van der Waals surface area contributed by atoms with Gasteiger partial charge in [0.25, 0.3) is 0 Å². The summed E-state index contributed by atoms with van der Waals surface area (Å²) in [5.41, 5.74) is -4.24. The van der Waals surface area contributed by atoms with Crippen molar-refractivity contribution in [2.75, 3.05) is 46.2 Å². The fourth-order valence-corrected chi connectivity index (χ4v) is 4.10. The van der Waals surface area contributed by atoms with Crippen LogP contribution in [0.15, 0.2) is 50.6 Å². The first-order valence-corrected chi connectivity index (χ1v) is 16.6. The molecule has 15 nitrogen and oxygen atoms in total. The summed E-state index contributed by atoms with van der Waals surface area (Å²) in [5.74, 6) is -5.69. The van der Waals surface area contributed by atoms with Crippen molar-refractivity contribution in [2.45, 2.75) is 66.2 Å².